The Morgan fingerprint density at radius 3 is 0.985 bits per heavy atom. The molecule has 3 nitrogen and oxygen atoms in total. The number of ketones is 1. The molecule has 0 saturated carbocycles. The van der Waals surface area contributed by atoms with Gasteiger partial charge in [-0.1, -0.05) is 169 Å². The Labute approximate surface area is 397 Å². The van der Waals surface area contributed by atoms with E-state index in [-0.39, 0.29) is 5.78 Å². The van der Waals surface area contributed by atoms with Gasteiger partial charge in [-0.05, 0) is 131 Å². The number of hydrogen-bond acceptors (Lipinski definition) is 3. The maximum absolute atomic E-state index is 15.8. The van der Waals surface area contributed by atoms with Gasteiger partial charge in [0.05, 0.1) is 0 Å². The molecule has 0 fully saturated rings. The predicted octanol–water partition coefficient (Wildman–Crippen LogP) is 14.6. The Hall–Kier alpha value is -9.59. The predicted molar refractivity (Wildman–Crippen MR) is 275 cm³/mol. The molecule has 0 bridgehead atoms. The highest BCUT2D eigenvalue weighted by molar-refractivity contribution is 6.59. The van der Waals surface area contributed by atoms with Crippen molar-refractivity contribution < 1.29 is 14.3 Å². The van der Waals surface area contributed by atoms with Gasteiger partial charge < -0.3 is 9.47 Å². The van der Waals surface area contributed by atoms with Crippen molar-refractivity contribution in [2.24, 2.45) is 0 Å². The summed E-state index contributed by atoms with van der Waals surface area (Å²) < 4.78 is 12.9. The molecule has 318 valence electrons. The fourth-order valence-electron chi connectivity index (χ4n) is 8.07. The van der Waals surface area contributed by atoms with E-state index in [9.17, 15) is 0 Å². The summed E-state index contributed by atoms with van der Waals surface area (Å²) in [4.78, 5) is 15.8. The lowest BCUT2D eigenvalue weighted by atomic mass is 9.85. The molecule has 0 radical (unpaired) electrons. The van der Waals surface area contributed by atoms with Crippen LogP contribution in [0.25, 0.3) is 22.3 Å². The van der Waals surface area contributed by atoms with Crippen LogP contribution in [0.5, 0.6) is 23.0 Å². The first-order valence-electron chi connectivity index (χ1n) is 22.3. The number of para-hydroxylation sites is 2. The van der Waals surface area contributed by atoms with Crippen molar-refractivity contribution in [1.82, 2.24) is 0 Å². The Kier molecular flexibility index (Phi) is 12.5. The highest BCUT2D eigenvalue weighted by atomic mass is 16.5. The number of ether oxygens (including phenoxy) is 2. The smallest absolute Gasteiger partial charge is 0.195 e. The van der Waals surface area contributed by atoms with Gasteiger partial charge in [-0.3, -0.25) is 4.79 Å². The largest absolute Gasteiger partial charge is 0.457 e. The quantitative estimate of drug-likeness (QED) is 0.143. The van der Waals surface area contributed by atoms with Gasteiger partial charge in [0, 0.05) is 55.7 Å². The fraction of sp³-hybridized carbons (Fsp3) is 0. The maximum atomic E-state index is 15.8. The van der Waals surface area contributed by atoms with Crippen molar-refractivity contribution in [3.8, 4) is 58.5 Å². The number of benzene rings is 9. The van der Waals surface area contributed by atoms with Crippen LogP contribution in [0.4, 0.5) is 0 Å². The van der Waals surface area contributed by atoms with Crippen molar-refractivity contribution in [1.29, 1.82) is 0 Å². The molecule has 0 N–H and O–H groups in total. The topological polar surface area (TPSA) is 35.5 Å². The van der Waals surface area contributed by atoms with E-state index in [1.165, 1.54) is 0 Å². The first-order chi connectivity index (χ1) is 33.6. The normalized spacial score (nSPS) is 11.7. The molecule has 3 heteroatoms. The van der Waals surface area contributed by atoms with Gasteiger partial charge in [0.1, 0.15) is 23.0 Å². The second-order valence-corrected chi connectivity index (χ2v) is 15.9. The summed E-state index contributed by atoms with van der Waals surface area (Å²) in [6, 6.07) is 78.7. The van der Waals surface area contributed by atoms with Gasteiger partial charge in [-0.15, -0.1) is 0 Å². The molecule has 0 saturated heterocycles. The second-order valence-electron chi connectivity index (χ2n) is 15.9. The van der Waals surface area contributed by atoms with Gasteiger partial charge in [0.25, 0.3) is 0 Å². The summed E-state index contributed by atoms with van der Waals surface area (Å²) in [7, 11) is 0. The average Bonchev–Trinajstić information content (AvgIpc) is 3.70. The summed E-state index contributed by atoms with van der Waals surface area (Å²) in [6.07, 6.45) is 0. The highest BCUT2D eigenvalue weighted by Crippen LogP contribution is 2.51. The molecule has 1 aliphatic carbocycles. The number of hydrogen-bond donors (Lipinski definition) is 0. The third kappa shape index (κ3) is 9.73. The maximum Gasteiger partial charge on any atom is 0.195 e. The van der Waals surface area contributed by atoms with E-state index in [0.717, 1.165) is 55.7 Å². The Morgan fingerprint density at radius 2 is 0.588 bits per heavy atom. The van der Waals surface area contributed by atoms with Crippen LogP contribution in [0.3, 0.4) is 0 Å². The van der Waals surface area contributed by atoms with E-state index >= 15 is 4.79 Å². The molecular formula is C65H40O3. The van der Waals surface area contributed by atoms with Crippen LogP contribution in [-0.4, -0.2) is 5.78 Å². The van der Waals surface area contributed by atoms with Crippen LogP contribution in [0.15, 0.2) is 243 Å². The summed E-state index contributed by atoms with van der Waals surface area (Å²) in [5.74, 6) is 22.9. The van der Waals surface area contributed by atoms with Crippen LogP contribution in [0.1, 0.15) is 55.6 Å². The van der Waals surface area contributed by atoms with Crippen molar-refractivity contribution >= 4 is 28.1 Å². The lowest BCUT2D eigenvalue weighted by Gasteiger charge is -2.18. The lowest BCUT2D eigenvalue weighted by Crippen LogP contribution is -2.02. The van der Waals surface area contributed by atoms with Crippen molar-refractivity contribution in [3.05, 3.63) is 298 Å². The van der Waals surface area contributed by atoms with Gasteiger partial charge in [-0.25, -0.2) is 0 Å². The lowest BCUT2D eigenvalue weighted by molar-refractivity contribution is -0.108. The zero-order valence-corrected chi connectivity index (χ0v) is 36.8. The minimum Gasteiger partial charge on any atom is -0.457 e. The molecule has 0 unspecified atom stereocenters. The molecule has 0 heterocycles. The molecule has 0 aromatic heterocycles. The fourth-order valence-corrected chi connectivity index (χ4v) is 8.07. The van der Waals surface area contributed by atoms with E-state index in [0.29, 0.717) is 45.3 Å². The van der Waals surface area contributed by atoms with E-state index in [1.54, 1.807) is 0 Å². The van der Waals surface area contributed by atoms with Gasteiger partial charge in [0.2, 0.25) is 0 Å². The molecular weight excluding hydrogens is 829 g/mol. The number of Topliss-reactive ketones (excluding diaryl/α,β-unsaturated/α-hetero) is 1. The Morgan fingerprint density at radius 1 is 0.265 bits per heavy atom. The van der Waals surface area contributed by atoms with Crippen LogP contribution >= 0.6 is 0 Å². The molecule has 68 heavy (non-hydrogen) atoms. The van der Waals surface area contributed by atoms with Crippen molar-refractivity contribution in [3.63, 3.8) is 0 Å². The molecule has 0 aliphatic heterocycles. The first-order valence-corrected chi connectivity index (χ1v) is 22.3. The van der Waals surface area contributed by atoms with Crippen LogP contribution in [0, 0.1) is 35.5 Å². The molecule has 10 rings (SSSR count). The molecule has 0 atom stereocenters. The second kappa shape index (κ2) is 20.1. The third-order valence-electron chi connectivity index (χ3n) is 11.3. The van der Waals surface area contributed by atoms with E-state index < -0.39 is 0 Å². The van der Waals surface area contributed by atoms with Crippen LogP contribution in [-0.2, 0) is 4.79 Å². The summed E-state index contributed by atoms with van der Waals surface area (Å²) in [5, 5.41) is 0. The SMILES string of the molecule is O=C1C(c2ccccc2)=C(c2ccc(Oc3ccccc3)cc2C#Cc2ccccc2)C(c2ccc(Oc3ccccc3)cc2C#Cc2ccccc2)=C1c1ccc(C#Cc2ccccc2)cc1. The molecule has 0 amide bonds. The van der Waals surface area contributed by atoms with Gasteiger partial charge in [0.15, 0.2) is 5.78 Å². The molecule has 9 aromatic rings. The van der Waals surface area contributed by atoms with E-state index in [2.05, 4.69) is 35.5 Å². The third-order valence-corrected chi connectivity index (χ3v) is 11.3. The first kappa shape index (κ1) is 42.4. The van der Waals surface area contributed by atoms with E-state index in [4.69, 9.17) is 9.47 Å². The highest BCUT2D eigenvalue weighted by Gasteiger charge is 2.37. The number of rotatable bonds is 8. The zero-order valence-electron chi connectivity index (χ0n) is 36.8. The monoisotopic (exact) mass is 868 g/mol. The summed E-state index contributed by atoms with van der Waals surface area (Å²) >= 11 is 0. The van der Waals surface area contributed by atoms with Crippen molar-refractivity contribution in [2.75, 3.05) is 0 Å². The number of allylic oxidation sites excluding steroid dienone is 4. The Balaban J connectivity index is 1.24. The Bertz CT molecular complexity index is 3520. The standard InChI is InChI=1S/C65H40O3/c66-65-61(51-25-13-4-14-26-51)63(59-43-41-57(67-55-27-15-5-16-28-55)45-53(59)39-35-48-21-9-2-10-22-48)64(62(65)52-37-33-50(34-38-52)32-31-47-19-7-1-8-20-47)60-44-42-58(68-56-29-17-6-18-30-56)46-54(60)40-36-49-23-11-3-12-24-49/h1-30,33-34,37-38,41-46H. The van der Waals surface area contributed by atoms with E-state index in [1.807, 2.05) is 243 Å². The van der Waals surface area contributed by atoms with Crippen molar-refractivity contribution in [2.45, 2.75) is 0 Å². The summed E-state index contributed by atoms with van der Waals surface area (Å²) in [5.41, 5.74) is 10.4. The minimum atomic E-state index is -0.123. The minimum absolute atomic E-state index is 0.123. The zero-order chi connectivity index (χ0) is 45.9. The van der Waals surface area contributed by atoms with Crippen LogP contribution < -0.4 is 9.47 Å². The number of carbonyl (C=O) groups excluding carboxylic acids is 1. The van der Waals surface area contributed by atoms with Gasteiger partial charge in [-0.2, -0.15) is 0 Å². The van der Waals surface area contributed by atoms with Gasteiger partial charge >= 0.3 is 0 Å². The average molecular weight is 869 g/mol. The molecule has 9 aromatic carbocycles. The molecule has 0 spiro atoms. The summed E-state index contributed by atoms with van der Waals surface area (Å²) in [6.45, 7) is 0. The van der Waals surface area contributed by atoms with Crippen LogP contribution in [0.2, 0.25) is 0 Å². The molecule has 1 aliphatic rings. The number of carbonyl (C=O) groups is 1.